The van der Waals surface area contributed by atoms with E-state index < -0.39 is 0 Å². The Hall–Kier alpha value is -1.79. The van der Waals surface area contributed by atoms with E-state index in [0.717, 1.165) is 22.6 Å². The van der Waals surface area contributed by atoms with Crippen LogP contribution < -0.4 is 0 Å². The van der Waals surface area contributed by atoms with Crippen LogP contribution in [-0.2, 0) is 6.16 Å². The zero-order valence-corrected chi connectivity index (χ0v) is 13.4. The maximum absolute atomic E-state index is 13.3. The number of hydrogen-bond acceptors (Lipinski definition) is 1. The summed E-state index contributed by atoms with van der Waals surface area (Å²) in [4.78, 5) is 4.92. The molecule has 22 heavy (non-hydrogen) atoms. The van der Waals surface area contributed by atoms with Crippen molar-refractivity contribution in [2.24, 2.45) is 0 Å². The highest BCUT2D eigenvalue weighted by Gasteiger charge is 2.29. The number of rotatable bonds is 3. The van der Waals surface area contributed by atoms with Gasteiger partial charge in [0.15, 0.2) is 0 Å². The number of pyridine rings is 1. The highest BCUT2D eigenvalue weighted by atomic mass is 31.0. The lowest BCUT2D eigenvalue weighted by Gasteiger charge is -2.16. The van der Waals surface area contributed by atoms with Gasteiger partial charge in [0.25, 0.3) is 0 Å². The number of benzene rings is 2. The van der Waals surface area contributed by atoms with Crippen LogP contribution in [0.2, 0.25) is 0 Å². The topological polar surface area (TPSA) is 12.9 Å². The smallest absolute Gasteiger partial charge is 0.123 e. The standard InChI is InChI=1S/C19H17FNP/c20-14-9-7-12(8-10-14)18-15-3-1-2-4-17(15)21-19(13-5-6-13)16(18)11-22/h1-4,7-10,13H,5-6,11,22H2. The van der Waals surface area contributed by atoms with Crippen molar-refractivity contribution in [1.82, 2.24) is 4.98 Å². The summed E-state index contributed by atoms with van der Waals surface area (Å²) >= 11 is 0. The van der Waals surface area contributed by atoms with Gasteiger partial charge in [0.2, 0.25) is 0 Å². The number of fused-ring (bicyclic) bond motifs is 1. The lowest BCUT2D eigenvalue weighted by atomic mass is 9.93. The molecule has 0 aliphatic heterocycles. The Kier molecular flexibility index (Phi) is 3.43. The van der Waals surface area contributed by atoms with Gasteiger partial charge in [0, 0.05) is 17.0 Å². The van der Waals surface area contributed by atoms with Crippen molar-refractivity contribution >= 4 is 20.1 Å². The molecule has 110 valence electrons. The molecule has 0 amide bonds. The van der Waals surface area contributed by atoms with Crippen molar-refractivity contribution in [2.45, 2.75) is 24.9 Å². The van der Waals surface area contributed by atoms with Gasteiger partial charge in [-0.1, -0.05) is 30.3 Å². The van der Waals surface area contributed by atoms with Crippen LogP contribution in [0.15, 0.2) is 48.5 Å². The lowest BCUT2D eigenvalue weighted by molar-refractivity contribution is 0.628. The second kappa shape index (κ2) is 5.44. The summed E-state index contributed by atoms with van der Waals surface area (Å²) in [6, 6.07) is 15.1. The van der Waals surface area contributed by atoms with E-state index in [9.17, 15) is 4.39 Å². The molecule has 0 bridgehead atoms. The summed E-state index contributed by atoms with van der Waals surface area (Å²) in [6.45, 7) is 0. The third-order valence-electron chi connectivity index (χ3n) is 4.33. The molecule has 1 nitrogen and oxygen atoms in total. The van der Waals surface area contributed by atoms with E-state index in [1.165, 1.54) is 41.8 Å². The Bertz CT molecular complexity index is 838. The number of halogens is 1. The molecule has 1 unspecified atom stereocenters. The van der Waals surface area contributed by atoms with E-state index in [0.29, 0.717) is 5.92 Å². The first-order chi connectivity index (χ1) is 10.8. The molecule has 3 heteroatoms. The lowest BCUT2D eigenvalue weighted by Crippen LogP contribution is -1.99. The Morgan fingerprint density at radius 1 is 1.05 bits per heavy atom. The van der Waals surface area contributed by atoms with Gasteiger partial charge >= 0.3 is 0 Å². The van der Waals surface area contributed by atoms with E-state index in [2.05, 4.69) is 21.4 Å². The van der Waals surface area contributed by atoms with Crippen molar-refractivity contribution in [3.8, 4) is 11.1 Å². The Labute approximate surface area is 131 Å². The summed E-state index contributed by atoms with van der Waals surface area (Å²) in [5.74, 6) is 0.399. The maximum Gasteiger partial charge on any atom is 0.123 e. The van der Waals surface area contributed by atoms with Gasteiger partial charge < -0.3 is 0 Å². The molecule has 0 spiro atoms. The molecule has 1 atom stereocenters. The minimum absolute atomic E-state index is 0.197. The number of hydrogen-bond donors (Lipinski definition) is 0. The average molecular weight is 309 g/mol. The summed E-state index contributed by atoms with van der Waals surface area (Å²) in [6.07, 6.45) is 3.33. The van der Waals surface area contributed by atoms with Gasteiger partial charge in [0.05, 0.1) is 5.52 Å². The molecule has 0 saturated heterocycles. The second-order valence-electron chi connectivity index (χ2n) is 5.85. The molecule has 3 aromatic rings. The first-order valence-electron chi connectivity index (χ1n) is 7.65. The molecule has 1 aliphatic rings. The monoisotopic (exact) mass is 309 g/mol. The largest absolute Gasteiger partial charge is 0.252 e. The van der Waals surface area contributed by atoms with Crippen molar-refractivity contribution in [3.05, 3.63) is 65.6 Å². The van der Waals surface area contributed by atoms with Gasteiger partial charge in [-0.3, -0.25) is 4.98 Å². The normalized spacial score (nSPS) is 14.5. The van der Waals surface area contributed by atoms with Crippen LogP contribution in [0.25, 0.3) is 22.0 Å². The fourth-order valence-electron chi connectivity index (χ4n) is 3.12. The van der Waals surface area contributed by atoms with Gasteiger partial charge in [-0.2, -0.15) is 0 Å². The first kappa shape index (κ1) is 13.8. The maximum atomic E-state index is 13.3. The van der Waals surface area contributed by atoms with E-state index in [1.54, 1.807) is 0 Å². The van der Waals surface area contributed by atoms with Crippen LogP contribution in [0.5, 0.6) is 0 Å². The predicted octanol–water partition coefficient (Wildman–Crippen LogP) is 5.29. The molecule has 1 heterocycles. The van der Waals surface area contributed by atoms with Crippen LogP contribution in [0.4, 0.5) is 4.39 Å². The molecule has 1 fully saturated rings. The zero-order valence-electron chi connectivity index (χ0n) is 12.2. The number of aromatic nitrogens is 1. The van der Waals surface area contributed by atoms with Gasteiger partial charge in [-0.05, 0) is 53.9 Å². The highest BCUT2D eigenvalue weighted by molar-refractivity contribution is 7.15. The van der Waals surface area contributed by atoms with Crippen molar-refractivity contribution in [1.29, 1.82) is 0 Å². The molecule has 0 N–H and O–H groups in total. The molecule has 1 aliphatic carbocycles. The molecule has 0 radical (unpaired) electrons. The summed E-state index contributed by atoms with van der Waals surface area (Å²) in [5, 5.41) is 1.15. The summed E-state index contributed by atoms with van der Waals surface area (Å²) in [5.41, 5.74) is 5.83. The van der Waals surface area contributed by atoms with Gasteiger partial charge in [0.1, 0.15) is 5.82 Å². The van der Waals surface area contributed by atoms with Gasteiger partial charge in [-0.25, -0.2) is 4.39 Å². The van der Waals surface area contributed by atoms with Crippen LogP contribution in [0.1, 0.15) is 30.0 Å². The molecule has 1 aromatic heterocycles. The summed E-state index contributed by atoms with van der Waals surface area (Å²) in [7, 11) is 2.83. The predicted molar refractivity (Wildman–Crippen MR) is 92.5 cm³/mol. The zero-order chi connectivity index (χ0) is 15.1. The molecular weight excluding hydrogens is 292 g/mol. The third kappa shape index (κ3) is 2.32. The fraction of sp³-hybridized carbons (Fsp3) is 0.211. The summed E-state index contributed by atoms with van der Waals surface area (Å²) < 4.78 is 13.3. The number of nitrogens with zero attached hydrogens (tertiary/aromatic N) is 1. The van der Waals surface area contributed by atoms with Crippen molar-refractivity contribution < 1.29 is 4.39 Å². The molecule has 2 aromatic carbocycles. The van der Waals surface area contributed by atoms with Crippen LogP contribution in [-0.4, -0.2) is 4.98 Å². The molecular formula is C19H17FNP. The van der Waals surface area contributed by atoms with E-state index in [-0.39, 0.29) is 5.82 Å². The van der Waals surface area contributed by atoms with Crippen LogP contribution in [0, 0.1) is 5.82 Å². The highest BCUT2D eigenvalue weighted by Crippen LogP contribution is 2.45. The quantitative estimate of drug-likeness (QED) is 0.599. The van der Waals surface area contributed by atoms with E-state index in [1.807, 2.05) is 24.3 Å². The van der Waals surface area contributed by atoms with Crippen LogP contribution >= 0.6 is 9.24 Å². The fourth-order valence-corrected chi connectivity index (χ4v) is 3.53. The number of para-hydroxylation sites is 1. The Morgan fingerprint density at radius 3 is 2.45 bits per heavy atom. The van der Waals surface area contributed by atoms with E-state index >= 15 is 0 Å². The first-order valence-corrected chi connectivity index (χ1v) is 8.47. The minimum atomic E-state index is -0.197. The Morgan fingerprint density at radius 2 is 1.77 bits per heavy atom. The SMILES string of the molecule is Fc1ccc(-c2c(CP)c(C3CC3)nc3ccccc23)cc1. The second-order valence-corrected chi connectivity index (χ2v) is 6.26. The minimum Gasteiger partial charge on any atom is -0.252 e. The van der Waals surface area contributed by atoms with E-state index in [4.69, 9.17) is 4.98 Å². The molecule has 4 rings (SSSR count). The van der Waals surface area contributed by atoms with Crippen molar-refractivity contribution in [3.63, 3.8) is 0 Å². The van der Waals surface area contributed by atoms with Gasteiger partial charge in [-0.15, -0.1) is 9.24 Å². The van der Waals surface area contributed by atoms with Crippen molar-refractivity contribution in [2.75, 3.05) is 0 Å². The average Bonchev–Trinajstić information content (AvgIpc) is 3.39. The molecule has 1 saturated carbocycles. The van der Waals surface area contributed by atoms with Crippen LogP contribution in [0.3, 0.4) is 0 Å². The third-order valence-corrected chi connectivity index (χ3v) is 4.73. The Balaban J connectivity index is 2.06.